The molecule has 6 heteroatoms. The van der Waals surface area contributed by atoms with Crippen molar-refractivity contribution < 1.29 is 19.0 Å². The summed E-state index contributed by atoms with van der Waals surface area (Å²) < 4.78 is 16.8. The number of hydrogen-bond donors (Lipinski definition) is 0. The monoisotopic (exact) mass is 355 g/mol. The lowest BCUT2D eigenvalue weighted by molar-refractivity contribution is -0.138. The number of carbonyl (C=O) groups is 1. The molecule has 0 N–H and O–H groups in total. The van der Waals surface area contributed by atoms with Crippen LogP contribution in [0.1, 0.15) is 5.01 Å². The van der Waals surface area contributed by atoms with Crippen molar-refractivity contribution in [3.63, 3.8) is 0 Å². The molecule has 3 rings (SSSR count). The summed E-state index contributed by atoms with van der Waals surface area (Å²) in [4.78, 5) is 16.1. The van der Waals surface area contributed by atoms with Crippen LogP contribution in [-0.2, 0) is 9.53 Å². The topological polar surface area (TPSA) is 57.7 Å². The summed E-state index contributed by atoms with van der Waals surface area (Å²) in [6.45, 7) is 0.460. The average molecular weight is 355 g/mol. The first-order valence-corrected chi connectivity index (χ1v) is 8.53. The van der Waals surface area contributed by atoms with E-state index in [0.29, 0.717) is 5.75 Å². The Morgan fingerprint density at radius 2 is 1.84 bits per heavy atom. The van der Waals surface area contributed by atoms with Crippen molar-refractivity contribution in [2.45, 2.75) is 0 Å². The summed E-state index contributed by atoms with van der Waals surface area (Å²) in [6, 6.07) is 15.1. The third-order valence-electron chi connectivity index (χ3n) is 3.33. The lowest BCUT2D eigenvalue weighted by Crippen LogP contribution is -2.10. The van der Waals surface area contributed by atoms with Gasteiger partial charge in [0.2, 0.25) is 0 Å². The van der Waals surface area contributed by atoms with Crippen LogP contribution in [0.5, 0.6) is 11.5 Å². The van der Waals surface area contributed by atoms with Gasteiger partial charge in [-0.25, -0.2) is 9.78 Å². The van der Waals surface area contributed by atoms with Crippen molar-refractivity contribution in [2.75, 3.05) is 20.3 Å². The van der Waals surface area contributed by atoms with Crippen molar-refractivity contribution in [3.8, 4) is 11.5 Å². The Kier molecular flexibility index (Phi) is 5.64. The largest absolute Gasteiger partial charge is 0.497 e. The first-order chi connectivity index (χ1) is 12.2. The summed E-state index contributed by atoms with van der Waals surface area (Å²) in [6.07, 6.45) is 3.04. The summed E-state index contributed by atoms with van der Waals surface area (Å²) in [7, 11) is 1.61. The fraction of sp³-hybridized carbons (Fsp3) is 0.158. The number of esters is 1. The highest BCUT2D eigenvalue weighted by Crippen LogP contribution is 2.22. The standard InChI is InChI=1S/C19H17NO4S/c1-22-14-6-8-15(9-7-14)23-12-13-24-19(21)11-10-18-20-16-4-2-3-5-17(16)25-18/h2-11H,12-13H2,1H3/b11-10+. The second kappa shape index (κ2) is 8.30. The summed E-state index contributed by atoms with van der Waals surface area (Å²) in [5.74, 6) is 1.04. The van der Waals surface area contributed by atoms with Gasteiger partial charge in [-0.15, -0.1) is 11.3 Å². The number of methoxy groups -OCH3 is 1. The van der Waals surface area contributed by atoms with Crippen LogP contribution >= 0.6 is 11.3 Å². The quantitative estimate of drug-likeness (QED) is 0.365. The van der Waals surface area contributed by atoms with Crippen molar-refractivity contribution >= 4 is 33.6 Å². The number of aromatic nitrogens is 1. The molecule has 0 amide bonds. The van der Waals surface area contributed by atoms with E-state index in [-0.39, 0.29) is 13.2 Å². The minimum Gasteiger partial charge on any atom is -0.497 e. The molecule has 1 heterocycles. The van der Waals surface area contributed by atoms with Crippen LogP contribution in [0.3, 0.4) is 0 Å². The summed E-state index contributed by atoms with van der Waals surface area (Å²) in [5, 5.41) is 0.771. The number of benzene rings is 2. The Labute approximate surface area is 149 Å². The second-order valence-corrected chi connectivity index (χ2v) is 6.11. The Balaban J connectivity index is 1.42. The third kappa shape index (κ3) is 4.81. The Morgan fingerprint density at radius 3 is 2.60 bits per heavy atom. The first-order valence-electron chi connectivity index (χ1n) is 7.72. The van der Waals surface area contributed by atoms with Gasteiger partial charge in [-0.05, 0) is 42.5 Å². The number of ether oxygens (including phenoxy) is 3. The molecule has 0 bridgehead atoms. The molecule has 0 aliphatic rings. The van der Waals surface area contributed by atoms with Crippen LogP contribution in [0.25, 0.3) is 16.3 Å². The maximum Gasteiger partial charge on any atom is 0.330 e. The number of fused-ring (bicyclic) bond motifs is 1. The van der Waals surface area contributed by atoms with E-state index < -0.39 is 5.97 Å². The van der Waals surface area contributed by atoms with E-state index in [2.05, 4.69) is 4.98 Å². The second-order valence-electron chi connectivity index (χ2n) is 5.04. The van der Waals surface area contributed by atoms with Gasteiger partial charge in [-0.2, -0.15) is 0 Å². The van der Waals surface area contributed by atoms with E-state index in [1.54, 1.807) is 25.3 Å². The van der Waals surface area contributed by atoms with E-state index in [4.69, 9.17) is 14.2 Å². The van der Waals surface area contributed by atoms with Gasteiger partial charge < -0.3 is 14.2 Å². The highest BCUT2D eigenvalue weighted by atomic mass is 32.1. The third-order valence-corrected chi connectivity index (χ3v) is 4.33. The van der Waals surface area contributed by atoms with Crippen LogP contribution in [-0.4, -0.2) is 31.3 Å². The molecule has 128 valence electrons. The van der Waals surface area contributed by atoms with E-state index >= 15 is 0 Å². The van der Waals surface area contributed by atoms with Gasteiger partial charge in [0.15, 0.2) is 0 Å². The predicted octanol–water partition coefficient (Wildman–Crippen LogP) is 3.94. The number of hydrogen-bond acceptors (Lipinski definition) is 6. The molecule has 25 heavy (non-hydrogen) atoms. The molecule has 0 aliphatic carbocycles. The molecule has 0 aliphatic heterocycles. The Morgan fingerprint density at radius 1 is 1.08 bits per heavy atom. The Bertz CT molecular complexity index is 838. The van der Waals surface area contributed by atoms with Crippen LogP contribution in [0.15, 0.2) is 54.6 Å². The smallest absolute Gasteiger partial charge is 0.330 e. The lowest BCUT2D eigenvalue weighted by atomic mass is 10.3. The fourth-order valence-corrected chi connectivity index (χ4v) is 2.99. The molecule has 1 aromatic heterocycles. The van der Waals surface area contributed by atoms with Gasteiger partial charge in [0.05, 0.1) is 17.3 Å². The summed E-state index contributed by atoms with van der Waals surface area (Å²) in [5.41, 5.74) is 0.924. The lowest BCUT2D eigenvalue weighted by Gasteiger charge is -2.07. The molecule has 0 unspecified atom stereocenters. The van der Waals surface area contributed by atoms with Crippen molar-refractivity contribution in [2.24, 2.45) is 0 Å². The molecule has 0 spiro atoms. The Hall–Kier alpha value is -2.86. The van der Waals surface area contributed by atoms with Gasteiger partial charge in [0.25, 0.3) is 0 Å². The van der Waals surface area contributed by atoms with Crippen LogP contribution in [0.4, 0.5) is 0 Å². The van der Waals surface area contributed by atoms with Crippen molar-refractivity contribution in [1.82, 2.24) is 4.98 Å². The molecule has 2 aromatic carbocycles. The van der Waals surface area contributed by atoms with E-state index in [1.165, 1.54) is 17.4 Å². The number of carbonyl (C=O) groups excluding carboxylic acids is 1. The number of para-hydroxylation sites is 1. The molecule has 0 radical (unpaired) electrons. The normalized spacial score (nSPS) is 10.9. The van der Waals surface area contributed by atoms with Crippen molar-refractivity contribution in [1.29, 1.82) is 0 Å². The van der Waals surface area contributed by atoms with Gasteiger partial charge in [0.1, 0.15) is 29.7 Å². The fourth-order valence-electron chi connectivity index (χ4n) is 2.12. The number of rotatable bonds is 7. The minimum atomic E-state index is -0.419. The van der Waals surface area contributed by atoms with Gasteiger partial charge in [-0.3, -0.25) is 0 Å². The SMILES string of the molecule is COc1ccc(OCCOC(=O)/C=C/c2nc3ccccc3s2)cc1. The number of nitrogens with zero attached hydrogens (tertiary/aromatic N) is 1. The molecular weight excluding hydrogens is 338 g/mol. The predicted molar refractivity (Wildman–Crippen MR) is 98.1 cm³/mol. The number of thiazole rings is 1. The van der Waals surface area contributed by atoms with E-state index in [0.717, 1.165) is 21.0 Å². The zero-order chi connectivity index (χ0) is 17.5. The maximum atomic E-state index is 11.7. The highest BCUT2D eigenvalue weighted by molar-refractivity contribution is 7.19. The molecular formula is C19H17NO4S. The zero-order valence-electron chi connectivity index (χ0n) is 13.7. The first kappa shape index (κ1) is 17.0. The molecule has 0 atom stereocenters. The van der Waals surface area contributed by atoms with Crippen LogP contribution in [0.2, 0.25) is 0 Å². The minimum absolute atomic E-state index is 0.176. The van der Waals surface area contributed by atoms with Gasteiger partial charge >= 0.3 is 5.97 Å². The maximum absolute atomic E-state index is 11.7. The zero-order valence-corrected chi connectivity index (χ0v) is 14.5. The van der Waals surface area contributed by atoms with E-state index in [9.17, 15) is 4.79 Å². The van der Waals surface area contributed by atoms with Crippen molar-refractivity contribution in [3.05, 3.63) is 59.6 Å². The molecule has 5 nitrogen and oxygen atoms in total. The molecule has 0 saturated heterocycles. The van der Waals surface area contributed by atoms with Crippen LogP contribution < -0.4 is 9.47 Å². The molecule has 0 saturated carbocycles. The average Bonchev–Trinajstić information content (AvgIpc) is 3.07. The summed E-state index contributed by atoms with van der Waals surface area (Å²) >= 11 is 1.53. The van der Waals surface area contributed by atoms with Gasteiger partial charge in [0, 0.05) is 6.08 Å². The molecule has 3 aromatic rings. The highest BCUT2D eigenvalue weighted by Gasteiger charge is 2.02. The molecule has 0 fully saturated rings. The van der Waals surface area contributed by atoms with Crippen LogP contribution in [0, 0.1) is 0 Å². The van der Waals surface area contributed by atoms with Gasteiger partial charge in [-0.1, -0.05) is 12.1 Å². The van der Waals surface area contributed by atoms with E-state index in [1.807, 2.05) is 36.4 Å².